The van der Waals surface area contributed by atoms with Gasteiger partial charge in [0.2, 0.25) is 5.91 Å². The van der Waals surface area contributed by atoms with Crippen LogP contribution in [0.3, 0.4) is 0 Å². The Hall–Kier alpha value is -2.25. The van der Waals surface area contributed by atoms with Gasteiger partial charge in [0.05, 0.1) is 22.8 Å². The smallest absolute Gasteiger partial charge is 0.416 e. The number of halogens is 4. The first-order chi connectivity index (χ1) is 12.3. The molecule has 0 aliphatic heterocycles. The molecule has 0 unspecified atom stereocenters. The lowest BCUT2D eigenvalue weighted by Crippen LogP contribution is -2.33. The van der Waals surface area contributed by atoms with E-state index in [0.717, 1.165) is 23.9 Å². The van der Waals surface area contributed by atoms with Gasteiger partial charge in [-0.25, -0.2) is 0 Å². The maximum absolute atomic E-state index is 12.7. The number of anilines is 1. The number of likely N-dealkylation sites (N-methyl/N-ethyl adjacent to an activating group) is 1. The Labute approximate surface area is 154 Å². The minimum atomic E-state index is -4.50. The summed E-state index contributed by atoms with van der Waals surface area (Å²) in [5, 5.41) is 2.45. The van der Waals surface area contributed by atoms with Crippen molar-refractivity contribution >= 4 is 23.2 Å². The van der Waals surface area contributed by atoms with Crippen LogP contribution in [0.4, 0.5) is 18.9 Å². The quantitative estimate of drug-likeness (QED) is 0.771. The van der Waals surface area contributed by atoms with E-state index in [0.29, 0.717) is 13.2 Å². The molecule has 2 aromatic carbocycles. The van der Waals surface area contributed by atoms with Crippen molar-refractivity contribution in [3.05, 3.63) is 59.1 Å². The molecule has 0 bridgehead atoms. The summed E-state index contributed by atoms with van der Waals surface area (Å²) in [6.07, 6.45) is -4.50. The van der Waals surface area contributed by atoms with Crippen LogP contribution in [-0.4, -0.2) is 37.6 Å². The third kappa shape index (κ3) is 6.24. The summed E-state index contributed by atoms with van der Waals surface area (Å²) in [4.78, 5) is 13.7. The van der Waals surface area contributed by atoms with Crippen LogP contribution >= 0.6 is 11.6 Å². The molecule has 0 aliphatic carbocycles. The molecule has 0 aliphatic rings. The molecule has 1 amide bonds. The average Bonchev–Trinajstić information content (AvgIpc) is 2.56. The van der Waals surface area contributed by atoms with Crippen molar-refractivity contribution in [2.45, 2.75) is 6.18 Å². The molecule has 0 aromatic heterocycles. The van der Waals surface area contributed by atoms with Crippen molar-refractivity contribution in [2.24, 2.45) is 0 Å². The number of alkyl halides is 3. The SMILES string of the molecule is CN(CCOc1ccccc1)CC(=O)Nc1cc(C(F)(F)F)ccc1Cl. The van der Waals surface area contributed by atoms with Crippen LogP contribution in [0.15, 0.2) is 48.5 Å². The Balaban J connectivity index is 1.84. The van der Waals surface area contributed by atoms with Crippen molar-refractivity contribution in [2.75, 3.05) is 32.1 Å². The Morgan fingerprint density at radius 1 is 1.19 bits per heavy atom. The molecule has 1 N–H and O–H groups in total. The molecular weight excluding hydrogens is 369 g/mol. The normalized spacial score (nSPS) is 11.5. The second-order valence-electron chi connectivity index (χ2n) is 5.64. The van der Waals surface area contributed by atoms with Crippen LogP contribution in [0.25, 0.3) is 0 Å². The summed E-state index contributed by atoms with van der Waals surface area (Å²) < 4.78 is 43.8. The van der Waals surface area contributed by atoms with Gasteiger partial charge in [-0.2, -0.15) is 13.2 Å². The molecule has 0 saturated heterocycles. The average molecular weight is 387 g/mol. The number of amides is 1. The lowest BCUT2D eigenvalue weighted by molar-refractivity contribution is -0.137. The summed E-state index contributed by atoms with van der Waals surface area (Å²) in [7, 11) is 1.71. The highest BCUT2D eigenvalue weighted by Gasteiger charge is 2.31. The van der Waals surface area contributed by atoms with Crippen molar-refractivity contribution in [3.8, 4) is 5.75 Å². The molecule has 0 heterocycles. The minimum Gasteiger partial charge on any atom is -0.492 e. The standard InChI is InChI=1S/C18H18ClF3N2O2/c1-24(9-10-26-14-5-3-2-4-6-14)12-17(25)23-16-11-13(18(20,21)22)7-8-15(16)19/h2-8,11H,9-10,12H2,1H3,(H,23,25). The number of carbonyl (C=O) groups excluding carboxylic acids is 1. The molecule has 2 aromatic rings. The molecule has 140 valence electrons. The van der Waals surface area contributed by atoms with Crippen LogP contribution in [-0.2, 0) is 11.0 Å². The highest BCUT2D eigenvalue weighted by molar-refractivity contribution is 6.33. The van der Waals surface area contributed by atoms with Gasteiger partial charge < -0.3 is 10.1 Å². The van der Waals surface area contributed by atoms with E-state index in [1.165, 1.54) is 0 Å². The van der Waals surface area contributed by atoms with Gasteiger partial charge in [0.15, 0.2) is 0 Å². The first-order valence-corrected chi connectivity index (χ1v) is 8.16. The van der Waals surface area contributed by atoms with Gasteiger partial charge in [-0.3, -0.25) is 9.69 Å². The van der Waals surface area contributed by atoms with Crippen LogP contribution in [0.5, 0.6) is 5.75 Å². The molecular formula is C18H18ClF3N2O2. The number of nitrogens with one attached hydrogen (secondary N) is 1. The van der Waals surface area contributed by atoms with E-state index >= 15 is 0 Å². The molecule has 2 rings (SSSR count). The monoisotopic (exact) mass is 386 g/mol. The Bertz CT molecular complexity index is 739. The first kappa shape index (κ1) is 20.1. The summed E-state index contributed by atoms with van der Waals surface area (Å²) in [5.74, 6) is 0.259. The molecule has 4 nitrogen and oxygen atoms in total. The number of ether oxygens (including phenoxy) is 1. The van der Waals surface area contributed by atoms with E-state index in [4.69, 9.17) is 16.3 Å². The highest BCUT2D eigenvalue weighted by Crippen LogP contribution is 2.33. The zero-order valence-corrected chi connectivity index (χ0v) is 14.8. The summed E-state index contributed by atoms with van der Waals surface area (Å²) in [6.45, 7) is 0.835. The van der Waals surface area contributed by atoms with Crippen molar-refractivity contribution in [1.82, 2.24) is 4.90 Å². The Kier molecular flexibility index (Phi) is 6.88. The molecule has 8 heteroatoms. The summed E-state index contributed by atoms with van der Waals surface area (Å²) in [6, 6.07) is 12.0. The maximum atomic E-state index is 12.7. The van der Waals surface area contributed by atoms with E-state index < -0.39 is 17.6 Å². The molecule has 0 atom stereocenters. The van der Waals surface area contributed by atoms with E-state index in [2.05, 4.69) is 5.32 Å². The molecule has 0 saturated carbocycles. The van der Waals surface area contributed by atoms with Crippen molar-refractivity contribution in [3.63, 3.8) is 0 Å². The predicted octanol–water partition coefficient (Wildman–Crippen LogP) is 4.31. The lowest BCUT2D eigenvalue weighted by Gasteiger charge is -2.17. The fourth-order valence-electron chi connectivity index (χ4n) is 2.15. The van der Waals surface area contributed by atoms with Gasteiger partial charge in [-0.15, -0.1) is 0 Å². The zero-order valence-electron chi connectivity index (χ0n) is 14.0. The Morgan fingerprint density at radius 3 is 2.54 bits per heavy atom. The topological polar surface area (TPSA) is 41.6 Å². The summed E-state index contributed by atoms with van der Waals surface area (Å²) >= 11 is 5.86. The van der Waals surface area contributed by atoms with Gasteiger partial charge in [0.1, 0.15) is 12.4 Å². The number of hydrogen-bond donors (Lipinski definition) is 1. The van der Waals surface area contributed by atoms with Crippen molar-refractivity contribution < 1.29 is 22.7 Å². The number of benzene rings is 2. The van der Waals surface area contributed by atoms with E-state index in [1.807, 2.05) is 30.3 Å². The highest BCUT2D eigenvalue weighted by atomic mass is 35.5. The van der Waals surface area contributed by atoms with Crippen molar-refractivity contribution in [1.29, 1.82) is 0 Å². The Morgan fingerprint density at radius 2 is 1.88 bits per heavy atom. The fourth-order valence-corrected chi connectivity index (χ4v) is 2.31. The van der Waals surface area contributed by atoms with E-state index in [-0.39, 0.29) is 17.3 Å². The fraction of sp³-hybridized carbons (Fsp3) is 0.278. The molecule has 0 fully saturated rings. The van der Waals surface area contributed by atoms with Crippen LogP contribution < -0.4 is 10.1 Å². The van der Waals surface area contributed by atoms with E-state index in [1.54, 1.807) is 11.9 Å². The second-order valence-corrected chi connectivity index (χ2v) is 6.05. The first-order valence-electron chi connectivity index (χ1n) is 7.78. The van der Waals surface area contributed by atoms with Gasteiger partial charge in [-0.1, -0.05) is 29.8 Å². The number of nitrogens with zero attached hydrogens (tertiary/aromatic N) is 1. The van der Waals surface area contributed by atoms with Crippen LogP contribution in [0.1, 0.15) is 5.56 Å². The lowest BCUT2D eigenvalue weighted by atomic mass is 10.2. The van der Waals surface area contributed by atoms with E-state index in [9.17, 15) is 18.0 Å². The van der Waals surface area contributed by atoms with Crippen LogP contribution in [0.2, 0.25) is 5.02 Å². The van der Waals surface area contributed by atoms with Gasteiger partial charge >= 0.3 is 6.18 Å². The third-order valence-corrected chi connectivity index (χ3v) is 3.80. The largest absolute Gasteiger partial charge is 0.492 e. The molecule has 0 radical (unpaired) electrons. The third-order valence-electron chi connectivity index (χ3n) is 3.47. The number of carbonyl (C=O) groups is 1. The summed E-state index contributed by atoms with van der Waals surface area (Å²) in [5.41, 5.74) is -0.942. The second kappa shape index (κ2) is 8.91. The molecule has 0 spiro atoms. The number of hydrogen-bond acceptors (Lipinski definition) is 3. The zero-order chi connectivity index (χ0) is 19.2. The maximum Gasteiger partial charge on any atom is 0.416 e. The molecule has 26 heavy (non-hydrogen) atoms. The van der Waals surface area contributed by atoms with Gasteiger partial charge in [-0.05, 0) is 37.4 Å². The number of para-hydroxylation sites is 1. The van der Waals surface area contributed by atoms with Gasteiger partial charge in [0.25, 0.3) is 0 Å². The predicted molar refractivity (Wildman–Crippen MR) is 94.5 cm³/mol. The van der Waals surface area contributed by atoms with Gasteiger partial charge in [0, 0.05) is 6.54 Å². The minimum absolute atomic E-state index is 0.00920. The number of rotatable bonds is 7. The van der Waals surface area contributed by atoms with Crippen LogP contribution in [0, 0.1) is 0 Å².